The molecule has 3 heteroatoms. The Balaban J connectivity index is 2.23. The van der Waals surface area contributed by atoms with Crippen molar-refractivity contribution < 1.29 is 9.84 Å². The lowest BCUT2D eigenvalue weighted by Gasteiger charge is -2.45. The van der Waals surface area contributed by atoms with Gasteiger partial charge in [-0.05, 0) is 43.2 Å². The third-order valence-electron chi connectivity index (χ3n) is 4.56. The standard InChI is InChI=1S/C16H25NO2/c1-12-8-9-16(11-18,13(2)10-12)17-14-6-4-5-7-15(14)19-3/h4-7,12-13,17-18H,8-11H2,1-3H3. The summed E-state index contributed by atoms with van der Waals surface area (Å²) in [7, 11) is 1.68. The van der Waals surface area contributed by atoms with Crippen molar-refractivity contribution in [2.45, 2.75) is 38.6 Å². The fraction of sp³-hybridized carbons (Fsp3) is 0.625. The zero-order chi connectivity index (χ0) is 13.9. The van der Waals surface area contributed by atoms with Crippen molar-refractivity contribution in [2.24, 2.45) is 11.8 Å². The SMILES string of the molecule is COc1ccccc1NC1(CO)CCC(C)CC1C. The Labute approximate surface area is 116 Å². The number of para-hydroxylation sites is 2. The van der Waals surface area contributed by atoms with Gasteiger partial charge >= 0.3 is 0 Å². The molecule has 1 saturated carbocycles. The number of methoxy groups -OCH3 is 1. The van der Waals surface area contributed by atoms with Crippen molar-refractivity contribution in [2.75, 3.05) is 19.0 Å². The van der Waals surface area contributed by atoms with Crippen molar-refractivity contribution in [1.82, 2.24) is 0 Å². The first-order valence-electron chi connectivity index (χ1n) is 7.13. The highest BCUT2D eigenvalue weighted by Crippen LogP contribution is 2.40. The van der Waals surface area contributed by atoms with Gasteiger partial charge in [0.15, 0.2) is 0 Å². The molecule has 106 valence electrons. The molecular formula is C16H25NO2. The van der Waals surface area contributed by atoms with E-state index in [4.69, 9.17) is 4.74 Å². The van der Waals surface area contributed by atoms with E-state index in [9.17, 15) is 5.11 Å². The van der Waals surface area contributed by atoms with E-state index in [0.717, 1.165) is 36.6 Å². The number of hydrogen-bond donors (Lipinski definition) is 2. The minimum atomic E-state index is -0.221. The van der Waals surface area contributed by atoms with Crippen molar-refractivity contribution in [1.29, 1.82) is 0 Å². The molecule has 3 unspecified atom stereocenters. The van der Waals surface area contributed by atoms with Crippen LogP contribution < -0.4 is 10.1 Å². The van der Waals surface area contributed by atoms with Crippen LogP contribution in [0.5, 0.6) is 5.75 Å². The maximum atomic E-state index is 9.92. The van der Waals surface area contributed by atoms with Gasteiger partial charge in [0, 0.05) is 0 Å². The summed E-state index contributed by atoms with van der Waals surface area (Å²) in [5.74, 6) is 2.03. The monoisotopic (exact) mass is 263 g/mol. The minimum Gasteiger partial charge on any atom is -0.495 e. The molecule has 2 rings (SSSR count). The van der Waals surface area contributed by atoms with Gasteiger partial charge in [-0.1, -0.05) is 26.0 Å². The summed E-state index contributed by atoms with van der Waals surface area (Å²) in [6.07, 6.45) is 3.32. The number of ether oxygens (including phenoxy) is 1. The van der Waals surface area contributed by atoms with Gasteiger partial charge < -0.3 is 15.2 Å². The molecule has 1 aromatic rings. The molecule has 0 spiro atoms. The second-order valence-electron chi connectivity index (χ2n) is 5.92. The molecule has 1 aromatic carbocycles. The van der Waals surface area contributed by atoms with Crippen LogP contribution in [-0.4, -0.2) is 24.4 Å². The van der Waals surface area contributed by atoms with E-state index in [2.05, 4.69) is 19.2 Å². The summed E-state index contributed by atoms with van der Waals surface area (Å²) in [4.78, 5) is 0. The fourth-order valence-electron chi connectivity index (χ4n) is 3.17. The molecule has 19 heavy (non-hydrogen) atoms. The molecule has 0 saturated heterocycles. The van der Waals surface area contributed by atoms with Gasteiger partial charge in [-0.25, -0.2) is 0 Å². The van der Waals surface area contributed by atoms with Crippen molar-refractivity contribution in [3.05, 3.63) is 24.3 Å². The van der Waals surface area contributed by atoms with Crippen LogP contribution in [0.2, 0.25) is 0 Å². The lowest BCUT2D eigenvalue weighted by atomic mass is 9.70. The van der Waals surface area contributed by atoms with Crippen LogP contribution >= 0.6 is 0 Å². The van der Waals surface area contributed by atoms with Crippen LogP contribution in [0, 0.1) is 11.8 Å². The van der Waals surface area contributed by atoms with Gasteiger partial charge in [0.05, 0.1) is 24.9 Å². The Morgan fingerprint density at radius 3 is 2.74 bits per heavy atom. The van der Waals surface area contributed by atoms with Crippen LogP contribution in [0.25, 0.3) is 0 Å². The van der Waals surface area contributed by atoms with E-state index in [0.29, 0.717) is 5.92 Å². The molecule has 1 fully saturated rings. The number of aliphatic hydroxyl groups is 1. The summed E-state index contributed by atoms with van der Waals surface area (Å²) < 4.78 is 5.39. The summed E-state index contributed by atoms with van der Waals surface area (Å²) in [5, 5.41) is 13.5. The quantitative estimate of drug-likeness (QED) is 0.876. The van der Waals surface area contributed by atoms with Gasteiger partial charge in [0.2, 0.25) is 0 Å². The number of benzene rings is 1. The third kappa shape index (κ3) is 2.86. The first-order valence-corrected chi connectivity index (χ1v) is 7.13. The summed E-state index contributed by atoms with van der Waals surface area (Å²) >= 11 is 0. The molecule has 1 aliphatic carbocycles. The van der Waals surface area contributed by atoms with Crippen LogP contribution in [0.1, 0.15) is 33.1 Å². The number of hydrogen-bond acceptors (Lipinski definition) is 3. The lowest BCUT2D eigenvalue weighted by Crippen LogP contribution is -2.51. The number of anilines is 1. The average Bonchev–Trinajstić information content (AvgIpc) is 2.43. The second-order valence-corrected chi connectivity index (χ2v) is 5.92. The Morgan fingerprint density at radius 2 is 2.11 bits per heavy atom. The molecule has 0 aromatic heterocycles. The second kappa shape index (κ2) is 5.83. The highest BCUT2D eigenvalue weighted by atomic mass is 16.5. The molecule has 0 bridgehead atoms. The van der Waals surface area contributed by atoms with Crippen molar-refractivity contribution in [3.63, 3.8) is 0 Å². The lowest BCUT2D eigenvalue weighted by molar-refractivity contribution is 0.106. The van der Waals surface area contributed by atoms with E-state index < -0.39 is 0 Å². The van der Waals surface area contributed by atoms with Crippen LogP contribution in [0.3, 0.4) is 0 Å². The van der Waals surface area contributed by atoms with Gasteiger partial charge in [0.25, 0.3) is 0 Å². The number of rotatable bonds is 4. The third-order valence-corrected chi connectivity index (χ3v) is 4.56. The Morgan fingerprint density at radius 1 is 1.37 bits per heavy atom. The van der Waals surface area contributed by atoms with Gasteiger partial charge in [-0.3, -0.25) is 0 Å². The molecule has 2 N–H and O–H groups in total. The molecule has 3 atom stereocenters. The van der Waals surface area contributed by atoms with Crippen LogP contribution in [-0.2, 0) is 0 Å². The van der Waals surface area contributed by atoms with E-state index in [1.807, 2.05) is 24.3 Å². The van der Waals surface area contributed by atoms with Crippen LogP contribution in [0.4, 0.5) is 5.69 Å². The van der Waals surface area contributed by atoms with Gasteiger partial charge in [-0.2, -0.15) is 0 Å². The van der Waals surface area contributed by atoms with Crippen LogP contribution in [0.15, 0.2) is 24.3 Å². The Hall–Kier alpha value is -1.22. The smallest absolute Gasteiger partial charge is 0.141 e. The zero-order valence-corrected chi connectivity index (χ0v) is 12.1. The highest BCUT2D eigenvalue weighted by Gasteiger charge is 2.40. The average molecular weight is 263 g/mol. The predicted octanol–water partition coefficient (Wildman–Crippen LogP) is 3.29. The largest absolute Gasteiger partial charge is 0.495 e. The topological polar surface area (TPSA) is 41.5 Å². The Kier molecular flexibility index (Phi) is 4.35. The minimum absolute atomic E-state index is 0.166. The first-order chi connectivity index (χ1) is 9.11. The van der Waals surface area contributed by atoms with Crippen molar-refractivity contribution in [3.8, 4) is 5.75 Å². The van der Waals surface area contributed by atoms with Crippen molar-refractivity contribution >= 4 is 5.69 Å². The highest BCUT2D eigenvalue weighted by molar-refractivity contribution is 5.58. The molecule has 0 aliphatic heterocycles. The molecule has 0 radical (unpaired) electrons. The Bertz CT molecular complexity index is 421. The zero-order valence-electron chi connectivity index (χ0n) is 12.1. The number of aliphatic hydroxyl groups excluding tert-OH is 1. The van der Waals surface area contributed by atoms with E-state index in [1.54, 1.807) is 7.11 Å². The molecule has 0 heterocycles. The maximum absolute atomic E-state index is 9.92. The fourth-order valence-corrected chi connectivity index (χ4v) is 3.17. The molecule has 3 nitrogen and oxygen atoms in total. The van der Waals surface area contributed by atoms with Gasteiger partial charge in [0.1, 0.15) is 5.75 Å². The van der Waals surface area contributed by atoms with E-state index in [1.165, 1.54) is 0 Å². The summed E-state index contributed by atoms with van der Waals surface area (Å²) in [5.41, 5.74) is 0.752. The summed E-state index contributed by atoms with van der Waals surface area (Å²) in [6.45, 7) is 4.69. The predicted molar refractivity (Wildman–Crippen MR) is 78.6 cm³/mol. The van der Waals surface area contributed by atoms with E-state index in [-0.39, 0.29) is 12.1 Å². The molecular weight excluding hydrogens is 238 g/mol. The molecule has 1 aliphatic rings. The maximum Gasteiger partial charge on any atom is 0.141 e. The number of nitrogens with one attached hydrogen (secondary N) is 1. The first kappa shape index (κ1) is 14.2. The van der Waals surface area contributed by atoms with E-state index >= 15 is 0 Å². The van der Waals surface area contributed by atoms with Gasteiger partial charge in [-0.15, -0.1) is 0 Å². The molecule has 0 amide bonds. The normalized spacial score (nSPS) is 30.9. The summed E-state index contributed by atoms with van der Waals surface area (Å²) in [6, 6.07) is 7.92.